The van der Waals surface area contributed by atoms with E-state index in [-0.39, 0.29) is 5.91 Å². The first-order valence-corrected chi connectivity index (χ1v) is 8.55. The fourth-order valence-electron chi connectivity index (χ4n) is 2.64. The van der Waals surface area contributed by atoms with E-state index in [4.69, 9.17) is 4.52 Å². The Kier molecular flexibility index (Phi) is 5.26. The predicted molar refractivity (Wildman–Crippen MR) is 99.7 cm³/mol. The van der Waals surface area contributed by atoms with Crippen LogP contribution in [0, 0.1) is 6.92 Å². The van der Waals surface area contributed by atoms with E-state index in [9.17, 15) is 4.79 Å². The summed E-state index contributed by atoms with van der Waals surface area (Å²) in [6, 6.07) is 7.87. The first kappa shape index (κ1) is 17.6. The van der Waals surface area contributed by atoms with Crippen molar-refractivity contribution >= 4 is 23.4 Å². The third kappa shape index (κ3) is 3.88. The molecular formula is C19H21N5O2. The van der Waals surface area contributed by atoms with Crippen LogP contribution in [0.3, 0.4) is 0 Å². The predicted octanol–water partition coefficient (Wildman–Crippen LogP) is 3.89. The molecule has 3 rings (SSSR count). The number of hydrogen-bond acceptors (Lipinski definition) is 6. The fraction of sp³-hybridized carbons (Fsp3) is 0.263. The Morgan fingerprint density at radius 2 is 1.77 bits per heavy atom. The monoisotopic (exact) mass is 351 g/mol. The van der Waals surface area contributed by atoms with Gasteiger partial charge in [0.15, 0.2) is 5.82 Å². The van der Waals surface area contributed by atoms with Crippen LogP contribution < -0.4 is 10.6 Å². The summed E-state index contributed by atoms with van der Waals surface area (Å²) < 4.78 is 4.92. The average Bonchev–Trinajstić information content (AvgIpc) is 3.07. The topological polar surface area (TPSA) is 92.9 Å². The van der Waals surface area contributed by atoms with Crippen LogP contribution >= 0.6 is 0 Å². The summed E-state index contributed by atoms with van der Waals surface area (Å²) in [6.45, 7) is 5.98. The number of aryl methyl sites for hydroxylation is 3. The van der Waals surface area contributed by atoms with Gasteiger partial charge in [-0.25, -0.2) is 9.97 Å². The van der Waals surface area contributed by atoms with Crippen LogP contribution in [0.25, 0.3) is 0 Å². The molecule has 0 radical (unpaired) electrons. The van der Waals surface area contributed by atoms with Gasteiger partial charge in [-0.3, -0.25) is 4.79 Å². The molecule has 0 unspecified atom stereocenters. The maximum absolute atomic E-state index is 12.2. The lowest BCUT2D eigenvalue weighted by molar-refractivity contribution is 0.102. The van der Waals surface area contributed by atoms with Gasteiger partial charge in [0.25, 0.3) is 5.91 Å². The summed E-state index contributed by atoms with van der Waals surface area (Å²) in [6.07, 6.45) is 4.79. The van der Waals surface area contributed by atoms with E-state index < -0.39 is 0 Å². The summed E-state index contributed by atoms with van der Waals surface area (Å²) >= 11 is 0. The minimum absolute atomic E-state index is 0.340. The zero-order valence-corrected chi connectivity index (χ0v) is 15.0. The second-order valence-corrected chi connectivity index (χ2v) is 5.86. The molecule has 0 saturated carbocycles. The summed E-state index contributed by atoms with van der Waals surface area (Å²) in [5.74, 6) is 1.10. The molecule has 2 aromatic heterocycles. The highest BCUT2D eigenvalue weighted by molar-refractivity contribution is 6.03. The second-order valence-electron chi connectivity index (χ2n) is 5.86. The third-order valence-electron chi connectivity index (χ3n) is 4.02. The number of nitrogens with zero attached hydrogens (tertiary/aromatic N) is 3. The zero-order valence-electron chi connectivity index (χ0n) is 15.0. The summed E-state index contributed by atoms with van der Waals surface area (Å²) in [7, 11) is 0. The van der Waals surface area contributed by atoms with Crippen molar-refractivity contribution in [2.75, 3.05) is 10.6 Å². The molecule has 1 aromatic carbocycles. The van der Waals surface area contributed by atoms with E-state index in [1.807, 2.05) is 0 Å². The van der Waals surface area contributed by atoms with Crippen molar-refractivity contribution in [3.63, 3.8) is 0 Å². The Bertz CT molecular complexity index is 880. The Morgan fingerprint density at radius 3 is 2.31 bits per heavy atom. The van der Waals surface area contributed by atoms with Crippen molar-refractivity contribution < 1.29 is 9.32 Å². The Balaban J connectivity index is 1.75. The van der Waals surface area contributed by atoms with Gasteiger partial charge in [-0.05, 0) is 30.9 Å². The highest BCUT2D eigenvalue weighted by Gasteiger charge is 2.12. The molecule has 2 N–H and O–H groups in total. The quantitative estimate of drug-likeness (QED) is 0.700. The Morgan fingerprint density at radius 1 is 1.12 bits per heavy atom. The van der Waals surface area contributed by atoms with Gasteiger partial charge in [0, 0.05) is 24.1 Å². The fourth-order valence-corrected chi connectivity index (χ4v) is 2.64. The minimum atomic E-state index is -0.340. The normalized spacial score (nSPS) is 10.6. The highest BCUT2D eigenvalue weighted by atomic mass is 16.5. The minimum Gasteiger partial charge on any atom is -0.360 e. The molecule has 1 amide bonds. The van der Waals surface area contributed by atoms with Crippen LogP contribution in [-0.2, 0) is 12.8 Å². The van der Waals surface area contributed by atoms with Crippen molar-refractivity contribution in [3.8, 4) is 0 Å². The van der Waals surface area contributed by atoms with Crippen LogP contribution in [0.4, 0.5) is 17.5 Å². The molecule has 7 heteroatoms. The molecule has 7 nitrogen and oxygen atoms in total. The molecule has 0 atom stereocenters. The summed E-state index contributed by atoms with van der Waals surface area (Å²) in [5.41, 5.74) is 3.79. The van der Waals surface area contributed by atoms with Crippen LogP contribution in [-0.4, -0.2) is 21.0 Å². The maximum Gasteiger partial charge on any atom is 0.260 e. The largest absolute Gasteiger partial charge is 0.360 e. The number of aromatic nitrogens is 3. The third-order valence-corrected chi connectivity index (χ3v) is 4.02. The average molecular weight is 351 g/mol. The van der Waals surface area contributed by atoms with Crippen LogP contribution in [0.1, 0.15) is 41.1 Å². The smallest absolute Gasteiger partial charge is 0.260 e. The number of carbonyl (C=O) groups excluding carboxylic acids is 1. The number of benzene rings is 1. The van der Waals surface area contributed by atoms with Crippen LogP contribution in [0.15, 0.2) is 41.2 Å². The highest BCUT2D eigenvalue weighted by Crippen LogP contribution is 2.25. The molecule has 134 valence electrons. The molecule has 0 aliphatic heterocycles. The summed E-state index contributed by atoms with van der Waals surface area (Å²) in [5, 5.41) is 9.65. The lowest BCUT2D eigenvalue weighted by atomic mass is 10.0. The van der Waals surface area contributed by atoms with Crippen molar-refractivity contribution in [1.29, 1.82) is 0 Å². The van der Waals surface area contributed by atoms with Crippen molar-refractivity contribution in [2.24, 2.45) is 0 Å². The van der Waals surface area contributed by atoms with Gasteiger partial charge < -0.3 is 15.2 Å². The molecule has 0 aliphatic carbocycles. The molecule has 0 fully saturated rings. The number of hydrogen-bond donors (Lipinski definition) is 2. The van der Waals surface area contributed by atoms with Crippen LogP contribution in [0.2, 0.25) is 0 Å². The van der Waals surface area contributed by atoms with Crippen molar-refractivity contribution in [3.05, 3.63) is 59.1 Å². The Labute approximate surface area is 151 Å². The maximum atomic E-state index is 12.2. The van der Waals surface area contributed by atoms with Gasteiger partial charge in [0.2, 0.25) is 5.95 Å². The van der Waals surface area contributed by atoms with Gasteiger partial charge >= 0.3 is 0 Å². The summed E-state index contributed by atoms with van der Waals surface area (Å²) in [4.78, 5) is 20.7. The number of nitrogens with one attached hydrogen (secondary N) is 2. The van der Waals surface area contributed by atoms with Crippen molar-refractivity contribution in [2.45, 2.75) is 33.6 Å². The number of amides is 1. The van der Waals surface area contributed by atoms with Gasteiger partial charge in [-0.2, -0.15) is 0 Å². The SMILES string of the molecule is CCc1cccc(CC)c1Nc1ncc(C(=O)Nc2cc(C)on2)cn1. The van der Waals surface area contributed by atoms with E-state index in [0.29, 0.717) is 23.1 Å². The van der Waals surface area contributed by atoms with E-state index in [0.717, 1.165) is 18.5 Å². The van der Waals surface area contributed by atoms with Crippen LogP contribution in [0.5, 0.6) is 0 Å². The van der Waals surface area contributed by atoms with E-state index in [1.165, 1.54) is 23.5 Å². The van der Waals surface area contributed by atoms with Gasteiger partial charge in [-0.15, -0.1) is 0 Å². The van der Waals surface area contributed by atoms with E-state index in [1.54, 1.807) is 13.0 Å². The number of carbonyl (C=O) groups is 1. The number of rotatable bonds is 6. The number of anilines is 3. The van der Waals surface area contributed by atoms with E-state index >= 15 is 0 Å². The Hall–Kier alpha value is -3.22. The van der Waals surface area contributed by atoms with Gasteiger partial charge in [0.1, 0.15) is 5.76 Å². The van der Waals surface area contributed by atoms with Gasteiger partial charge in [-0.1, -0.05) is 37.2 Å². The molecule has 2 heterocycles. The molecule has 0 bridgehead atoms. The molecule has 0 saturated heterocycles. The lowest BCUT2D eigenvalue weighted by Crippen LogP contribution is -2.13. The molecular weight excluding hydrogens is 330 g/mol. The zero-order chi connectivity index (χ0) is 18.5. The molecule has 26 heavy (non-hydrogen) atoms. The van der Waals surface area contributed by atoms with Crippen molar-refractivity contribution in [1.82, 2.24) is 15.1 Å². The molecule has 0 aliphatic rings. The van der Waals surface area contributed by atoms with E-state index in [2.05, 4.69) is 57.8 Å². The lowest BCUT2D eigenvalue weighted by Gasteiger charge is -2.14. The first-order valence-electron chi connectivity index (χ1n) is 8.55. The second kappa shape index (κ2) is 7.77. The standard InChI is InChI=1S/C19H21N5O2/c1-4-13-7-6-8-14(5-2)17(13)23-19-20-10-15(11-21-19)18(25)22-16-9-12(3)26-24-16/h6-11H,4-5H2,1-3H3,(H,20,21,23)(H,22,24,25). The number of para-hydroxylation sites is 1. The van der Waals surface area contributed by atoms with Gasteiger partial charge in [0.05, 0.1) is 5.56 Å². The first-order chi connectivity index (χ1) is 12.6. The molecule has 0 spiro atoms. The molecule has 3 aromatic rings.